The molecule has 0 saturated carbocycles. The molecule has 1 saturated heterocycles. The van der Waals surface area contributed by atoms with Crippen LogP contribution in [0.2, 0.25) is 0 Å². The SMILES string of the molecule is CC1C(CSc2nnnn2C)OC(c2cccc(-c3cccc(CN4C(=O)c5ccccc5C4=O)c3)c2)OC1c1ccc(CO)cc1. The summed E-state index contributed by atoms with van der Waals surface area (Å²) in [6, 6.07) is 30.7. The maximum Gasteiger partial charge on any atom is 0.261 e. The van der Waals surface area contributed by atoms with Crippen LogP contribution in [0.25, 0.3) is 11.1 Å². The van der Waals surface area contributed by atoms with Crippen LogP contribution in [0.15, 0.2) is 102 Å². The lowest BCUT2D eigenvalue weighted by Gasteiger charge is -2.41. The van der Waals surface area contributed by atoms with E-state index in [2.05, 4.69) is 28.5 Å². The Kier molecular flexibility index (Phi) is 8.70. The molecular weight excluding hydrogens is 614 g/mol. The molecule has 1 aromatic heterocycles. The molecule has 5 aromatic rings. The number of benzene rings is 4. The monoisotopic (exact) mass is 647 g/mol. The van der Waals surface area contributed by atoms with E-state index < -0.39 is 6.29 Å². The van der Waals surface area contributed by atoms with Crippen LogP contribution in [0.4, 0.5) is 0 Å². The summed E-state index contributed by atoms with van der Waals surface area (Å²) in [4.78, 5) is 27.3. The molecule has 2 aliphatic rings. The van der Waals surface area contributed by atoms with E-state index in [1.165, 1.54) is 16.7 Å². The van der Waals surface area contributed by atoms with Gasteiger partial charge in [-0.05, 0) is 62.5 Å². The molecule has 3 heterocycles. The largest absolute Gasteiger partial charge is 0.392 e. The van der Waals surface area contributed by atoms with E-state index in [1.807, 2.05) is 73.8 Å². The number of aliphatic hydroxyl groups excluding tert-OH is 1. The number of carbonyl (C=O) groups excluding carboxylic acids is 2. The topological polar surface area (TPSA) is 120 Å². The number of aliphatic hydroxyl groups is 1. The van der Waals surface area contributed by atoms with Crippen molar-refractivity contribution in [2.75, 3.05) is 5.75 Å². The molecule has 0 spiro atoms. The third kappa shape index (κ3) is 6.22. The molecule has 0 radical (unpaired) electrons. The zero-order chi connectivity index (χ0) is 32.5. The van der Waals surface area contributed by atoms with Crippen molar-refractivity contribution < 1.29 is 24.2 Å². The average molecular weight is 648 g/mol. The van der Waals surface area contributed by atoms with Crippen molar-refractivity contribution in [3.63, 3.8) is 0 Å². The van der Waals surface area contributed by atoms with Gasteiger partial charge in [-0.1, -0.05) is 91.5 Å². The van der Waals surface area contributed by atoms with E-state index in [1.54, 1.807) is 28.9 Å². The van der Waals surface area contributed by atoms with E-state index in [0.29, 0.717) is 22.0 Å². The first-order chi connectivity index (χ1) is 22.9. The Bertz CT molecular complexity index is 1890. The molecule has 1 fully saturated rings. The Morgan fingerprint density at radius 3 is 2.19 bits per heavy atom. The molecule has 4 unspecified atom stereocenters. The molecule has 4 aromatic carbocycles. The maximum absolute atomic E-state index is 13.0. The van der Waals surface area contributed by atoms with E-state index in [9.17, 15) is 14.7 Å². The number of nitrogens with zero attached hydrogens (tertiary/aromatic N) is 5. The number of carbonyl (C=O) groups is 2. The fraction of sp³-hybridized carbons (Fsp3) is 0.250. The second-order valence-electron chi connectivity index (χ2n) is 11.8. The molecule has 4 atom stereocenters. The summed E-state index contributed by atoms with van der Waals surface area (Å²) in [5.74, 6) is 0.0898. The third-order valence-electron chi connectivity index (χ3n) is 8.72. The molecule has 0 aliphatic carbocycles. The molecule has 238 valence electrons. The first-order valence-electron chi connectivity index (χ1n) is 15.4. The van der Waals surface area contributed by atoms with Crippen LogP contribution >= 0.6 is 11.8 Å². The van der Waals surface area contributed by atoms with E-state index >= 15 is 0 Å². The van der Waals surface area contributed by atoms with Gasteiger partial charge in [-0.2, -0.15) is 0 Å². The molecule has 7 rings (SSSR count). The molecule has 10 nitrogen and oxygen atoms in total. The van der Waals surface area contributed by atoms with Gasteiger partial charge >= 0.3 is 0 Å². The van der Waals surface area contributed by atoms with Crippen LogP contribution in [0, 0.1) is 5.92 Å². The minimum Gasteiger partial charge on any atom is -0.392 e. The number of aryl methyl sites for hydroxylation is 1. The van der Waals surface area contributed by atoms with Gasteiger partial charge < -0.3 is 14.6 Å². The fourth-order valence-corrected chi connectivity index (χ4v) is 7.10. The van der Waals surface area contributed by atoms with E-state index in [0.717, 1.165) is 33.4 Å². The Morgan fingerprint density at radius 1 is 0.809 bits per heavy atom. The zero-order valence-electron chi connectivity index (χ0n) is 25.9. The summed E-state index contributed by atoms with van der Waals surface area (Å²) in [7, 11) is 1.81. The van der Waals surface area contributed by atoms with Crippen molar-refractivity contribution in [3.05, 3.63) is 130 Å². The second kappa shape index (κ2) is 13.2. The molecule has 11 heteroatoms. The number of imide groups is 1. The normalized spacial score (nSPS) is 20.9. The number of tetrazole rings is 1. The number of thioether (sulfide) groups is 1. The van der Waals surface area contributed by atoms with Crippen molar-refractivity contribution in [2.24, 2.45) is 13.0 Å². The van der Waals surface area contributed by atoms with Crippen molar-refractivity contribution in [3.8, 4) is 11.1 Å². The number of aromatic nitrogens is 4. The first kappa shape index (κ1) is 30.9. The minimum absolute atomic E-state index is 0.0157. The maximum atomic E-state index is 13.0. The Labute approximate surface area is 276 Å². The number of ether oxygens (including phenoxy) is 2. The Balaban J connectivity index is 1.14. The predicted octanol–water partition coefficient (Wildman–Crippen LogP) is 5.75. The fourth-order valence-electron chi connectivity index (χ4n) is 6.09. The number of fused-ring (bicyclic) bond motifs is 1. The van der Waals surface area contributed by atoms with Crippen molar-refractivity contribution in [1.29, 1.82) is 0 Å². The smallest absolute Gasteiger partial charge is 0.261 e. The highest BCUT2D eigenvalue weighted by Crippen LogP contribution is 2.43. The van der Waals surface area contributed by atoms with Gasteiger partial charge in [0, 0.05) is 24.3 Å². The van der Waals surface area contributed by atoms with Gasteiger partial charge in [0.15, 0.2) is 6.29 Å². The lowest BCUT2D eigenvalue weighted by atomic mass is 9.91. The second-order valence-corrected chi connectivity index (χ2v) is 12.8. The van der Waals surface area contributed by atoms with Gasteiger partial charge in [0.1, 0.15) is 0 Å². The highest BCUT2D eigenvalue weighted by Gasteiger charge is 2.39. The highest BCUT2D eigenvalue weighted by atomic mass is 32.2. The van der Waals surface area contributed by atoms with Gasteiger partial charge in [0.05, 0.1) is 36.5 Å². The third-order valence-corrected chi connectivity index (χ3v) is 9.82. The highest BCUT2D eigenvalue weighted by molar-refractivity contribution is 7.99. The van der Waals surface area contributed by atoms with Gasteiger partial charge in [-0.3, -0.25) is 14.5 Å². The zero-order valence-corrected chi connectivity index (χ0v) is 26.7. The summed E-state index contributed by atoms with van der Waals surface area (Å²) < 4.78 is 14.9. The molecule has 1 N–H and O–H groups in total. The molecule has 0 bridgehead atoms. The summed E-state index contributed by atoms with van der Waals surface area (Å²) in [6.07, 6.45) is -1.07. The lowest BCUT2D eigenvalue weighted by Crippen LogP contribution is -2.38. The van der Waals surface area contributed by atoms with Crippen LogP contribution in [-0.4, -0.2) is 53.9 Å². The number of rotatable bonds is 9. The van der Waals surface area contributed by atoms with Crippen molar-refractivity contribution in [1.82, 2.24) is 25.1 Å². The predicted molar refractivity (Wildman–Crippen MR) is 175 cm³/mol. The van der Waals surface area contributed by atoms with Crippen LogP contribution in [0.3, 0.4) is 0 Å². The number of hydrogen-bond acceptors (Lipinski definition) is 9. The Morgan fingerprint density at radius 2 is 1.51 bits per heavy atom. The van der Waals surface area contributed by atoms with Crippen LogP contribution in [0.1, 0.15) is 62.3 Å². The molecule has 2 aliphatic heterocycles. The summed E-state index contributed by atoms with van der Waals surface area (Å²) >= 11 is 1.54. The van der Waals surface area contributed by atoms with Gasteiger partial charge in [-0.25, -0.2) is 4.68 Å². The molecule has 47 heavy (non-hydrogen) atoms. The van der Waals surface area contributed by atoms with Crippen molar-refractivity contribution >= 4 is 23.6 Å². The number of amides is 2. The average Bonchev–Trinajstić information content (AvgIpc) is 3.63. The minimum atomic E-state index is -0.640. The molecule has 2 amide bonds. The number of hydrogen-bond donors (Lipinski definition) is 1. The van der Waals surface area contributed by atoms with Gasteiger partial charge in [0.2, 0.25) is 5.16 Å². The summed E-state index contributed by atoms with van der Waals surface area (Å²) in [5, 5.41) is 22.1. The van der Waals surface area contributed by atoms with Gasteiger partial charge in [0.25, 0.3) is 11.8 Å². The van der Waals surface area contributed by atoms with Gasteiger partial charge in [-0.15, -0.1) is 5.10 Å². The van der Waals surface area contributed by atoms with Crippen LogP contribution in [0.5, 0.6) is 0 Å². The molecular formula is C36H33N5O5S. The van der Waals surface area contributed by atoms with Crippen LogP contribution < -0.4 is 0 Å². The summed E-state index contributed by atoms with van der Waals surface area (Å²) in [5.41, 5.74) is 6.35. The van der Waals surface area contributed by atoms with Crippen molar-refractivity contribution in [2.45, 2.75) is 43.7 Å². The quantitative estimate of drug-likeness (QED) is 0.158. The van der Waals surface area contributed by atoms with E-state index in [4.69, 9.17) is 9.47 Å². The van der Waals surface area contributed by atoms with E-state index in [-0.39, 0.29) is 43.1 Å². The Hall–Kier alpha value is -4.68. The first-order valence-corrected chi connectivity index (χ1v) is 16.4. The van der Waals surface area contributed by atoms with Crippen LogP contribution in [-0.2, 0) is 29.7 Å². The standard InChI is InChI=1S/C36H33N5O5S/c1-22-31(21-47-36-37-38-39-40(36)2)45-35(46-32(22)25-15-13-23(20-42)14-16-25)28-10-6-9-27(18-28)26-8-5-7-24(17-26)19-41-33(43)29-11-3-4-12-30(29)34(41)44/h3-18,22,31-32,35,42H,19-21H2,1-2H3. The lowest BCUT2D eigenvalue weighted by molar-refractivity contribution is -0.268. The summed E-state index contributed by atoms with van der Waals surface area (Å²) in [6.45, 7) is 2.28.